The number of rotatable bonds is 6. The Morgan fingerprint density at radius 2 is 2.11 bits per heavy atom. The molecular weight excluding hydrogens is 302 g/mol. The second-order valence-electron chi connectivity index (χ2n) is 3.66. The lowest BCUT2D eigenvalue weighted by molar-refractivity contribution is -0.141. The zero-order valence-electron chi connectivity index (χ0n) is 9.85. The van der Waals surface area contributed by atoms with Gasteiger partial charge in [0.25, 0.3) is 0 Å². The lowest BCUT2D eigenvalue weighted by Crippen LogP contribution is -2.38. The Morgan fingerprint density at radius 3 is 2.72 bits per heavy atom. The molecule has 6 heteroatoms. The van der Waals surface area contributed by atoms with E-state index in [1.807, 2.05) is 18.2 Å². The lowest BCUT2D eigenvalue weighted by Gasteiger charge is -2.10. The van der Waals surface area contributed by atoms with E-state index >= 15 is 0 Å². The van der Waals surface area contributed by atoms with E-state index in [0.29, 0.717) is 5.75 Å². The van der Waals surface area contributed by atoms with Crippen LogP contribution in [0.2, 0.25) is 0 Å². The van der Waals surface area contributed by atoms with E-state index in [0.717, 1.165) is 4.47 Å². The fourth-order valence-corrected chi connectivity index (χ4v) is 1.59. The minimum absolute atomic E-state index is 0.110. The number of ether oxygens (including phenoxy) is 1. The number of para-hydroxylation sites is 1. The van der Waals surface area contributed by atoms with Gasteiger partial charge < -0.3 is 15.2 Å². The van der Waals surface area contributed by atoms with Crippen molar-refractivity contribution in [1.82, 2.24) is 5.32 Å². The first-order valence-corrected chi connectivity index (χ1v) is 6.19. The molecule has 0 heterocycles. The predicted octanol–water partition coefficient (Wildman–Crippen LogP) is 1.81. The number of carbonyl (C=O) groups is 2. The summed E-state index contributed by atoms with van der Waals surface area (Å²) in [6, 6.07) is 6.41. The first-order chi connectivity index (χ1) is 8.50. The van der Waals surface area contributed by atoms with Crippen molar-refractivity contribution in [2.24, 2.45) is 0 Å². The summed E-state index contributed by atoms with van der Waals surface area (Å²) in [5.41, 5.74) is 0. The molecule has 0 aliphatic rings. The van der Waals surface area contributed by atoms with E-state index in [4.69, 9.17) is 9.84 Å². The van der Waals surface area contributed by atoms with Crippen LogP contribution in [0.25, 0.3) is 0 Å². The van der Waals surface area contributed by atoms with E-state index in [-0.39, 0.29) is 18.9 Å². The van der Waals surface area contributed by atoms with E-state index < -0.39 is 12.0 Å². The Kier molecular flexibility index (Phi) is 5.64. The molecule has 0 fully saturated rings. The monoisotopic (exact) mass is 315 g/mol. The van der Waals surface area contributed by atoms with Gasteiger partial charge in [-0.3, -0.25) is 9.59 Å². The van der Waals surface area contributed by atoms with Crippen molar-refractivity contribution in [3.63, 3.8) is 0 Å². The zero-order chi connectivity index (χ0) is 13.5. The Balaban J connectivity index is 2.32. The van der Waals surface area contributed by atoms with Crippen molar-refractivity contribution in [1.29, 1.82) is 0 Å². The molecule has 0 saturated carbocycles. The van der Waals surface area contributed by atoms with Gasteiger partial charge in [0, 0.05) is 0 Å². The van der Waals surface area contributed by atoms with Crippen LogP contribution in [0.3, 0.4) is 0 Å². The largest absolute Gasteiger partial charge is 0.492 e. The topological polar surface area (TPSA) is 75.6 Å². The molecular formula is C12H14BrNO4. The fraction of sp³-hybridized carbons (Fsp3) is 0.333. The molecule has 0 bridgehead atoms. The molecule has 5 nitrogen and oxygen atoms in total. The fourth-order valence-electron chi connectivity index (χ4n) is 1.19. The Hall–Kier alpha value is -1.56. The third-order valence-corrected chi connectivity index (χ3v) is 2.83. The molecule has 1 aromatic carbocycles. The van der Waals surface area contributed by atoms with Gasteiger partial charge >= 0.3 is 5.97 Å². The molecule has 0 spiro atoms. The van der Waals surface area contributed by atoms with Crippen molar-refractivity contribution in [2.75, 3.05) is 6.61 Å². The highest BCUT2D eigenvalue weighted by atomic mass is 79.9. The molecule has 0 radical (unpaired) electrons. The second kappa shape index (κ2) is 7.00. The normalized spacial score (nSPS) is 11.7. The van der Waals surface area contributed by atoms with Crippen LogP contribution in [0, 0.1) is 0 Å². The molecule has 2 N–H and O–H groups in total. The molecule has 1 aromatic rings. The number of nitrogens with one attached hydrogen (secondary N) is 1. The van der Waals surface area contributed by atoms with Gasteiger partial charge in [-0.25, -0.2) is 0 Å². The number of hydrogen-bond acceptors (Lipinski definition) is 3. The van der Waals surface area contributed by atoms with E-state index in [9.17, 15) is 9.59 Å². The number of aliphatic carboxylic acids is 1. The highest BCUT2D eigenvalue weighted by Crippen LogP contribution is 2.23. The van der Waals surface area contributed by atoms with E-state index in [1.54, 1.807) is 6.07 Å². The first kappa shape index (κ1) is 14.5. The van der Waals surface area contributed by atoms with Gasteiger partial charge in [0.2, 0.25) is 5.91 Å². The summed E-state index contributed by atoms with van der Waals surface area (Å²) in [5.74, 6) is -0.761. The number of halogens is 1. The lowest BCUT2D eigenvalue weighted by atomic mass is 10.3. The van der Waals surface area contributed by atoms with Crippen molar-refractivity contribution >= 4 is 27.8 Å². The summed E-state index contributed by atoms with van der Waals surface area (Å²) in [6.45, 7) is 1.61. The molecule has 18 heavy (non-hydrogen) atoms. The molecule has 0 aromatic heterocycles. The molecule has 0 unspecified atom stereocenters. The maximum atomic E-state index is 11.4. The van der Waals surface area contributed by atoms with Gasteiger partial charge in [-0.15, -0.1) is 0 Å². The van der Waals surface area contributed by atoms with Crippen LogP contribution >= 0.6 is 15.9 Å². The van der Waals surface area contributed by atoms with Gasteiger partial charge in [-0.1, -0.05) is 12.1 Å². The number of amides is 1. The molecule has 1 amide bonds. The van der Waals surface area contributed by atoms with E-state index in [1.165, 1.54) is 6.92 Å². The Bertz CT molecular complexity index is 436. The highest BCUT2D eigenvalue weighted by molar-refractivity contribution is 9.10. The van der Waals surface area contributed by atoms with Crippen LogP contribution < -0.4 is 10.1 Å². The number of carbonyl (C=O) groups excluding carboxylic acids is 1. The third-order valence-electron chi connectivity index (χ3n) is 2.17. The van der Waals surface area contributed by atoms with Gasteiger partial charge in [0.1, 0.15) is 11.8 Å². The molecule has 0 aliphatic carbocycles. The summed E-state index contributed by atoms with van der Waals surface area (Å²) in [4.78, 5) is 21.9. The van der Waals surface area contributed by atoms with Crippen molar-refractivity contribution in [3.8, 4) is 5.75 Å². The molecule has 0 saturated heterocycles. The van der Waals surface area contributed by atoms with Crippen LogP contribution in [-0.2, 0) is 9.59 Å². The van der Waals surface area contributed by atoms with Crippen LogP contribution in [-0.4, -0.2) is 29.6 Å². The maximum absolute atomic E-state index is 11.4. The average molecular weight is 316 g/mol. The summed E-state index contributed by atoms with van der Waals surface area (Å²) < 4.78 is 6.20. The van der Waals surface area contributed by atoms with Crippen molar-refractivity contribution in [3.05, 3.63) is 28.7 Å². The molecule has 98 valence electrons. The molecule has 1 rings (SSSR count). The van der Waals surface area contributed by atoms with Crippen LogP contribution in [0.1, 0.15) is 13.3 Å². The predicted molar refractivity (Wildman–Crippen MR) is 69.5 cm³/mol. The molecule has 0 aliphatic heterocycles. The van der Waals surface area contributed by atoms with Crippen LogP contribution in [0.15, 0.2) is 28.7 Å². The third kappa shape index (κ3) is 4.75. The number of carboxylic acids is 1. The van der Waals surface area contributed by atoms with Crippen LogP contribution in [0.4, 0.5) is 0 Å². The maximum Gasteiger partial charge on any atom is 0.325 e. The summed E-state index contributed by atoms with van der Waals surface area (Å²) in [6.07, 6.45) is 0.110. The first-order valence-electron chi connectivity index (χ1n) is 5.40. The Labute approximate surface area is 113 Å². The van der Waals surface area contributed by atoms with Crippen molar-refractivity contribution < 1.29 is 19.4 Å². The summed E-state index contributed by atoms with van der Waals surface area (Å²) in [7, 11) is 0. The number of hydrogen-bond donors (Lipinski definition) is 2. The van der Waals surface area contributed by atoms with E-state index in [2.05, 4.69) is 21.2 Å². The SMILES string of the molecule is C[C@H](NC(=O)CCOc1ccccc1Br)C(=O)O. The summed E-state index contributed by atoms with van der Waals surface area (Å²) >= 11 is 3.32. The highest BCUT2D eigenvalue weighted by Gasteiger charge is 2.13. The van der Waals surface area contributed by atoms with Gasteiger partial charge in [0.15, 0.2) is 0 Å². The minimum Gasteiger partial charge on any atom is -0.492 e. The zero-order valence-corrected chi connectivity index (χ0v) is 11.4. The van der Waals surface area contributed by atoms with Gasteiger partial charge in [0.05, 0.1) is 17.5 Å². The van der Waals surface area contributed by atoms with Gasteiger partial charge in [-0.2, -0.15) is 0 Å². The smallest absolute Gasteiger partial charge is 0.325 e. The van der Waals surface area contributed by atoms with Crippen molar-refractivity contribution in [2.45, 2.75) is 19.4 Å². The summed E-state index contributed by atoms with van der Waals surface area (Å²) in [5, 5.41) is 11.0. The second-order valence-corrected chi connectivity index (χ2v) is 4.51. The minimum atomic E-state index is -1.06. The number of carboxylic acid groups (broad SMARTS) is 1. The molecule has 1 atom stereocenters. The quantitative estimate of drug-likeness (QED) is 0.839. The van der Waals surface area contributed by atoms with Gasteiger partial charge in [-0.05, 0) is 35.0 Å². The van der Waals surface area contributed by atoms with Crippen LogP contribution in [0.5, 0.6) is 5.75 Å². The Morgan fingerprint density at radius 1 is 1.44 bits per heavy atom. The number of benzene rings is 1. The average Bonchev–Trinajstić information content (AvgIpc) is 2.31. The standard InChI is InChI=1S/C12H14BrNO4/c1-8(12(16)17)14-11(15)6-7-18-10-5-3-2-4-9(10)13/h2-5,8H,6-7H2,1H3,(H,14,15)(H,16,17)/t8-/m0/s1.